The van der Waals surface area contributed by atoms with Crippen molar-refractivity contribution in [2.24, 2.45) is 0 Å². The molecule has 0 radical (unpaired) electrons. The van der Waals surface area contributed by atoms with Crippen LogP contribution in [0.15, 0.2) is 24.3 Å². The second kappa shape index (κ2) is 3.12. The molecule has 0 atom stereocenters. The van der Waals surface area contributed by atoms with Gasteiger partial charge in [0.2, 0.25) is 0 Å². The summed E-state index contributed by atoms with van der Waals surface area (Å²) in [6, 6.07) is 7.96. The number of benzene rings is 1. The summed E-state index contributed by atoms with van der Waals surface area (Å²) >= 11 is 0. The molecule has 1 N–H and O–H groups in total. The molecule has 1 aromatic rings. The van der Waals surface area contributed by atoms with Crippen LogP contribution in [-0.4, -0.2) is 11.1 Å². The highest BCUT2D eigenvalue weighted by atomic mass is 16.4. The molecule has 0 heterocycles. The highest BCUT2D eigenvalue weighted by Crippen LogP contribution is 2.47. The SMILES string of the molecule is CC1(c2cccc(CC(=O)O)c2)CC1. The van der Waals surface area contributed by atoms with Crippen molar-refractivity contribution < 1.29 is 9.90 Å². The predicted octanol–water partition coefficient (Wildman–Crippen LogP) is 2.37. The second-order valence-electron chi connectivity index (χ2n) is 4.33. The van der Waals surface area contributed by atoms with Gasteiger partial charge in [-0.25, -0.2) is 0 Å². The van der Waals surface area contributed by atoms with Crippen LogP contribution in [0.5, 0.6) is 0 Å². The zero-order valence-electron chi connectivity index (χ0n) is 8.29. The lowest BCUT2D eigenvalue weighted by molar-refractivity contribution is -0.136. The van der Waals surface area contributed by atoms with Gasteiger partial charge >= 0.3 is 5.97 Å². The van der Waals surface area contributed by atoms with E-state index in [1.165, 1.54) is 18.4 Å². The van der Waals surface area contributed by atoms with Crippen molar-refractivity contribution in [2.45, 2.75) is 31.6 Å². The number of hydrogen-bond acceptors (Lipinski definition) is 1. The fraction of sp³-hybridized carbons (Fsp3) is 0.417. The van der Waals surface area contributed by atoms with Gasteiger partial charge in [0.15, 0.2) is 0 Å². The summed E-state index contributed by atoms with van der Waals surface area (Å²) in [6.45, 7) is 2.23. The van der Waals surface area contributed by atoms with E-state index >= 15 is 0 Å². The van der Waals surface area contributed by atoms with Crippen LogP contribution >= 0.6 is 0 Å². The molecular formula is C12H14O2. The minimum Gasteiger partial charge on any atom is -0.481 e. The van der Waals surface area contributed by atoms with E-state index in [1.807, 2.05) is 18.2 Å². The van der Waals surface area contributed by atoms with E-state index in [1.54, 1.807) is 0 Å². The number of aliphatic carboxylic acids is 1. The quantitative estimate of drug-likeness (QED) is 0.794. The third-order valence-electron chi connectivity index (χ3n) is 2.98. The van der Waals surface area contributed by atoms with Gasteiger partial charge in [0.25, 0.3) is 0 Å². The first kappa shape index (κ1) is 9.25. The Hall–Kier alpha value is -1.31. The standard InChI is InChI=1S/C12H14O2/c1-12(5-6-12)10-4-2-3-9(7-10)8-11(13)14/h2-4,7H,5-6,8H2,1H3,(H,13,14). The second-order valence-corrected chi connectivity index (χ2v) is 4.33. The van der Waals surface area contributed by atoms with E-state index in [2.05, 4.69) is 13.0 Å². The Morgan fingerprint density at radius 3 is 2.79 bits per heavy atom. The molecule has 14 heavy (non-hydrogen) atoms. The van der Waals surface area contributed by atoms with Gasteiger partial charge in [-0.05, 0) is 29.4 Å². The monoisotopic (exact) mass is 190 g/mol. The minimum absolute atomic E-state index is 0.129. The van der Waals surface area contributed by atoms with Gasteiger partial charge in [-0.3, -0.25) is 4.79 Å². The molecule has 74 valence electrons. The average Bonchev–Trinajstić information content (AvgIpc) is 2.84. The molecule has 2 rings (SSSR count). The maximum atomic E-state index is 10.5. The number of carboxylic acid groups (broad SMARTS) is 1. The van der Waals surface area contributed by atoms with E-state index in [4.69, 9.17) is 5.11 Å². The Kier molecular flexibility index (Phi) is 2.06. The molecule has 0 bridgehead atoms. The number of carboxylic acids is 1. The summed E-state index contributed by atoms with van der Waals surface area (Å²) in [4.78, 5) is 10.5. The van der Waals surface area contributed by atoms with Gasteiger partial charge in [0, 0.05) is 0 Å². The lowest BCUT2D eigenvalue weighted by atomic mass is 9.96. The fourth-order valence-corrected chi connectivity index (χ4v) is 1.71. The maximum absolute atomic E-state index is 10.5. The zero-order valence-corrected chi connectivity index (χ0v) is 8.29. The third kappa shape index (κ3) is 1.79. The van der Waals surface area contributed by atoms with E-state index in [-0.39, 0.29) is 6.42 Å². The van der Waals surface area contributed by atoms with Crippen molar-refractivity contribution in [3.63, 3.8) is 0 Å². The molecule has 0 saturated heterocycles. The minimum atomic E-state index is -0.761. The first-order valence-corrected chi connectivity index (χ1v) is 4.91. The van der Waals surface area contributed by atoms with Crippen molar-refractivity contribution in [1.29, 1.82) is 0 Å². The van der Waals surface area contributed by atoms with Gasteiger partial charge in [0.1, 0.15) is 0 Å². The largest absolute Gasteiger partial charge is 0.481 e. The summed E-state index contributed by atoms with van der Waals surface area (Å²) in [5, 5.41) is 8.68. The average molecular weight is 190 g/mol. The fourth-order valence-electron chi connectivity index (χ4n) is 1.71. The molecule has 0 unspecified atom stereocenters. The van der Waals surface area contributed by atoms with Crippen LogP contribution in [-0.2, 0) is 16.6 Å². The van der Waals surface area contributed by atoms with E-state index < -0.39 is 5.97 Å². The molecule has 1 aliphatic carbocycles. The molecule has 1 aliphatic rings. The summed E-state index contributed by atoms with van der Waals surface area (Å²) in [6.07, 6.45) is 2.58. The highest BCUT2D eigenvalue weighted by Gasteiger charge is 2.38. The first-order chi connectivity index (χ1) is 6.60. The molecule has 0 spiro atoms. The van der Waals surface area contributed by atoms with Crippen molar-refractivity contribution in [3.05, 3.63) is 35.4 Å². The van der Waals surface area contributed by atoms with E-state index in [0.717, 1.165) is 5.56 Å². The number of carbonyl (C=O) groups is 1. The summed E-state index contributed by atoms with van der Waals surface area (Å²) < 4.78 is 0. The maximum Gasteiger partial charge on any atom is 0.307 e. The summed E-state index contributed by atoms with van der Waals surface area (Å²) in [5.74, 6) is -0.761. The normalized spacial score (nSPS) is 17.8. The molecule has 2 heteroatoms. The first-order valence-electron chi connectivity index (χ1n) is 4.91. The Morgan fingerprint density at radius 2 is 2.21 bits per heavy atom. The molecule has 1 aromatic carbocycles. The van der Waals surface area contributed by atoms with Crippen LogP contribution in [0.4, 0.5) is 0 Å². The van der Waals surface area contributed by atoms with Gasteiger partial charge in [-0.2, -0.15) is 0 Å². The topological polar surface area (TPSA) is 37.3 Å². The van der Waals surface area contributed by atoms with Gasteiger partial charge < -0.3 is 5.11 Å². The summed E-state index contributed by atoms with van der Waals surface area (Å²) in [7, 11) is 0. The molecule has 1 saturated carbocycles. The smallest absolute Gasteiger partial charge is 0.307 e. The van der Waals surface area contributed by atoms with Crippen molar-refractivity contribution in [2.75, 3.05) is 0 Å². The summed E-state index contributed by atoms with van der Waals surface area (Å²) in [5.41, 5.74) is 2.52. The van der Waals surface area contributed by atoms with Gasteiger partial charge in [0.05, 0.1) is 6.42 Å². The van der Waals surface area contributed by atoms with Crippen LogP contribution in [0.1, 0.15) is 30.9 Å². The Balaban J connectivity index is 2.23. The number of rotatable bonds is 3. The highest BCUT2D eigenvalue weighted by molar-refractivity contribution is 5.70. The van der Waals surface area contributed by atoms with E-state index in [0.29, 0.717) is 5.41 Å². The van der Waals surface area contributed by atoms with Gasteiger partial charge in [-0.1, -0.05) is 31.2 Å². The van der Waals surface area contributed by atoms with Crippen LogP contribution < -0.4 is 0 Å². The van der Waals surface area contributed by atoms with Crippen LogP contribution in [0.25, 0.3) is 0 Å². The lowest BCUT2D eigenvalue weighted by Crippen LogP contribution is -2.04. The molecule has 1 fully saturated rings. The Morgan fingerprint density at radius 1 is 1.50 bits per heavy atom. The third-order valence-corrected chi connectivity index (χ3v) is 2.98. The lowest BCUT2D eigenvalue weighted by Gasteiger charge is -2.09. The molecule has 0 aromatic heterocycles. The Bertz CT molecular complexity index is 364. The van der Waals surface area contributed by atoms with Crippen LogP contribution in [0.3, 0.4) is 0 Å². The van der Waals surface area contributed by atoms with Crippen LogP contribution in [0.2, 0.25) is 0 Å². The van der Waals surface area contributed by atoms with Crippen molar-refractivity contribution in [3.8, 4) is 0 Å². The van der Waals surface area contributed by atoms with Crippen molar-refractivity contribution in [1.82, 2.24) is 0 Å². The van der Waals surface area contributed by atoms with E-state index in [9.17, 15) is 4.79 Å². The number of hydrogen-bond donors (Lipinski definition) is 1. The Labute approximate surface area is 83.6 Å². The molecule has 0 amide bonds. The van der Waals surface area contributed by atoms with Crippen molar-refractivity contribution >= 4 is 5.97 Å². The van der Waals surface area contributed by atoms with Crippen LogP contribution in [0, 0.1) is 0 Å². The predicted molar refractivity (Wildman–Crippen MR) is 54.4 cm³/mol. The van der Waals surface area contributed by atoms with Gasteiger partial charge in [-0.15, -0.1) is 0 Å². The zero-order chi connectivity index (χ0) is 10.2. The molecule has 0 aliphatic heterocycles. The molecule has 2 nitrogen and oxygen atoms in total. The molecular weight excluding hydrogens is 176 g/mol.